The quantitative estimate of drug-likeness (QED) is 0.624. The molecule has 1 heterocycles. The maximum Gasteiger partial charge on any atom is 0.211 e. The summed E-state index contributed by atoms with van der Waals surface area (Å²) in [5, 5.41) is 13.5. The van der Waals surface area contributed by atoms with E-state index in [-0.39, 0.29) is 0 Å². The summed E-state index contributed by atoms with van der Waals surface area (Å²) in [5.41, 5.74) is 0.717. The predicted molar refractivity (Wildman–Crippen MR) is 84.1 cm³/mol. The summed E-state index contributed by atoms with van der Waals surface area (Å²) < 4.78 is 12.1. The largest absolute Gasteiger partial charge is 0.493 e. The van der Waals surface area contributed by atoms with E-state index in [1.54, 1.807) is 31.2 Å². The van der Waals surface area contributed by atoms with Crippen LogP contribution in [-0.2, 0) is 0 Å². The smallest absolute Gasteiger partial charge is 0.211 e. The van der Waals surface area contributed by atoms with Gasteiger partial charge in [0, 0.05) is 5.56 Å². The van der Waals surface area contributed by atoms with E-state index in [4.69, 9.17) is 21.1 Å². The Morgan fingerprint density at radius 3 is 2.67 bits per heavy atom. The predicted octanol–water partition coefficient (Wildman–Crippen LogP) is 2.86. The fourth-order valence-electron chi connectivity index (χ4n) is 1.72. The zero-order valence-electron chi connectivity index (χ0n) is 12.1. The molecule has 8 heteroatoms. The first-order valence-corrected chi connectivity index (χ1v) is 7.63. The number of halogens is 1. The van der Waals surface area contributed by atoms with E-state index in [1.165, 1.54) is 11.8 Å². The number of benzene rings is 1. The van der Waals surface area contributed by atoms with Crippen molar-refractivity contribution in [2.75, 3.05) is 20.5 Å². The van der Waals surface area contributed by atoms with E-state index in [0.29, 0.717) is 27.5 Å². The fraction of sp³-hybridized carbons (Fsp3) is 0.308. The first-order valence-electron chi connectivity index (χ1n) is 6.03. The lowest BCUT2D eigenvalue weighted by Crippen LogP contribution is -1.98. The zero-order chi connectivity index (χ0) is 15.4. The monoisotopic (exact) mass is 326 g/mol. The Bertz CT molecular complexity index is 672. The van der Waals surface area contributed by atoms with Crippen LogP contribution in [0.3, 0.4) is 0 Å². The average molecular weight is 327 g/mol. The van der Waals surface area contributed by atoms with Gasteiger partial charge in [-0.15, -0.1) is 10.2 Å². The normalized spacial score (nSPS) is 11.1. The van der Waals surface area contributed by atoms with Crippen molar-refractivity contribution in [3.05, 3.63) is 28.5 Å². The van der Waals surface area contributed by atoms with Gasteiger partial charge in [0.05, 0.1) is 25.5 Å². The maximum absolute atomic E-state index is 6.30. The molecule has 0 fully saturated rings. The van der Waals surface area contributed by atoms with Crippen LogP contribution >= 0.6 is 23.4 Å². The van der Waals surface area contributed by atoms with Crippen LogP contribution in [0.25, 0.3) is 0 Å². The van der Waals surface area contributed by atoms with Crippen molar-refractivity contribution in [2.24, 2.45) is 5.10 Å². The summed E-state index contributed by atoms with van der Waals surface area (Å²) in [7, 11) is 3.10. The molecule has 0 radical (unpaired) electrons. The number of ether oxygens (including phenoxy) is 2. The highest BCUT2D eigenvalue weighted by Crippen LogP contribution is 2.36. The molecular formula is C13H15ClN4O2S. The van der Waals surface area contributed by atoms with Gasteiger partial charge in [-0.05, 0) is 25.3 Å². The van der Waals surface area contributed by atoms with E-state index in [0.717, 1.165) is 5.56 Å². The van der Waals surface area contributed by atoms with Gasteiger partial charge in [-0.25, -0.2) is 0 Å². The molecule has 0 aliphatic heterocycles. The summed E-state index contributed by atoms with van der Waals surface area (Å²) in [6.45, 7) is 1.83. The Kier molecular flexibility index (Phi) is 5.08. The highest BCUT2D eigenvalue weighted by atomic mass is 35.5. The lowest BCUT2D eigenvalue weighted by Gasteiger charge is -2.10. The second kappa shape index (κ2) is 6.82. The van der Waals surface area contributed by atoms with E-state index in [2.05, 4.69) is 15.3 Å². The number of hydrogen-bond donors (Lipinski definition) is 0. The molecule has 0 atom stereocenters. The van der Waals surface area contributed by atoms with E-state index < -0.39 is 0 Å². The van der Waals surface area contributed by atoms with Gasteiger partial charge in [0.15, 0.2) is 17.3 Å². The fourth-order valence-corrected chi connectivity index (χ4v) is 2.48. The second-order valence-corrected chi connectivity index (χ2v) is 5.15. The van der Waals surface area contributed by atoms with Crippen LogP contribution in [0.2, 0.25) is 5.02 Å². The third-order valence-electron chi connectivity index (χ3n) is 2.78. The van der Waals surface area contributed by atoms with Crippen LogP contribution in [0.5, 0.6) is 11.5 Å². The molecule has 2 aromatic rings. The molecule has 1 aromatic heterocycles. The molecule has 21 heavy (non-hydrogen) atoms. The summed E-state index contributed by atoms with van der Waals surface area (Å²) in [6.07, 6.45) is 3.55. The van der Waals surface area contributed by atoms with E-state index in [9.17, 15) is 0 Å². The molecule has 0 amide bonds. The Morgan fingerprint density at radius 2 is 2.05 bits per heavy atom. The molecule has 0 N–H and O–H groups in total. The molecule has 2 rings (SSSR count). The highest BCUT2D eigenvalue weighted by molar-refractivity contribution is 7.98. The summed E-state index contributed by atoms with van der Waals surface area (Å²) in [4.78, 5) is 0. The Labute approximate surface area is 132 Å². The molecule has 0 unspecified atom stereocenters. The van der Waals surface area contributed by atoms with Crippen molar-refractivity contribution in [2.45, 2.75) is 12.1 Å². The number of nitrogens with zero attached hydrogens (tertiary/aromatic N) is 4. The minimum atomic E-state index is 0.442. The Hall–Kier alpha value is -1.73. The molecule has 0 saturated carbocycles. The van der Waals surface area contributed by atoms with Gasteiger partial charge >= 0.3 is 0 Å². The third-order valence-corrected chi connectivity index (χ3v) is 3.79. The molecule has 6 nitrogen and oxygen atoms in total. The zero-order valence-corrected chi connectivity index (χ0v) is 13.7. The van der Waals surface area contributed by atoms with Crippen LogP contribution in [0.15, 0.2) is 22.4 Å². The Morgan fingerprint density at radius 1 is 1.29 bits per heavy atom. The van der Waals surface area contributed by atoms with Gasteiger partial charge < -0.3 is 9.47 Å². The van der Waals surface area contributed by atoms with Gasteiger partial charge in [0.2, 0.25) is 5.16 Å². The standard InChI is InChI=1S/C13H15ClN4O2S/c1-8-16-17-13(21-4)18(8)15-7-9-5-6-10(19-2)12(20-3)11(9)14/h5-7H,1-4H3/b15-7-. The highest BCUT2D eigenvalue weighted by Gasteiger charge is 2.12. The van der Waals surface area contributed by atoms with Crippen molar-refractivity contribution >= 4 is 29.6 Å². The minimum absolute atomic E-state index is 0.442. The lowest BCUT2D eigenvalue weighted by molar-refractivity contribution is 0.355. The number of methoxy groups -OCH3 is 2. The van der Waals surface area contributed by atoms with E-state index in [1.807, 2.05) is 19.2 Å². The van der Waals surface area contributed by atoms with Crippen LogP contribution in [0.1, 0.15) is 11.4 Å². The summed E-state index contributed by atoms with van der Waals surface area (Å²) >= 11 is 7.77. The minimum Gasteiger partial charge on any atom is -0.493 e. The maximum atomic E-state index is 6.30. The van der Waals surface area contributed by atoms with Crippen LogP contribution in [0.4, 0.5) is 0 Å². The van der Waals surface area contributed by atoms with Crippen LogP contribution < -0.4 is 9.47 Å². The lowest BCUT2D eigenvalue weighted by atomic mass is 10.2. The molecule has 0 saturated heterocycles. The van der Waals surface area contributed by atoms with Crippen molar-refractivity contribution in [3.63, 3.8) is 0 Å². The SMILES string of the molecule is COc1ccc(/C=N\n2c(C)nnc2SC)c(Cl)c1OC. The molecule has 0 aliphatic carbocycles. The number of aromatic nitrogens is 3. The number of rotatable bonds is 5. The van der Waals surface area contributed by atoms with Crippen molar-refractivity contribution < 1.29 is 9.47 Å². The van der Waals surface area contributed by atoms with Gasteiger partial charge in [0.1, 0.15) is 0 Å². The molecular weight excluding hydrogens is 312 g/mol. The van der Waals surface area contributed by atoms with Crippen molar-refractivity contribution in [3.8, 4) is 11.5 Å². The molecule has 1 aromatic carbocycles. The van der Waals surface area contributed by atoms with Gasteiger partial charge in [0.25, 0.3) is 0 Å². The van der Waals surface area contributed by atoms with Gasteiger partial charge in [-0.1, -0.05) is 23.4 Å². The number of aryl methyl sites for hydroxylation is 1. The second-order valence-electron chi connectivity index (χ2n) is 3.99. The topological polar surface area (TPSA) is 61.5 Å². The van der Waals surface area contributed by atoms with Crippen LogP contribution in [-0.4, -0.2) is 41.6 Å². The molecule has 0 aliphatic rings. The molecule has 112 valence electrons. The molecule has 0 bridgehead atoms. The van der Waals surface area contributed by atoms with Gasteiger partial charge in [-0.3, -0.25) is 0 Å². The number of hydrogen-bond acceptors (Lipinski definition) is 6. The van der Waals surface area contributed by atoms with Crippen molar-refractivity contribution in [1.82, 2.24) is 14.9 Å². The summed E-state index contributed by atoms with van der Waals surface area (Å²) in [6, 6.07) is 3.59. The van der Waals surface area contributed by atoms with Crippen molar-refractivity contribution in [1.29, 1.82) is 0 Å². The Balaban J connectivity index is 2.40. The third kappa shape index (κ3) is 3.14. The van der Waals surface area contributed by atoms with Gasteiger partial charge in [-0.2, -0.15) is 9.78 Å². The first kappa shape index (κ1) is 15.7. The van der Waals surface area contributed by atoms with E-state index >= 15 is 0 Å². The first-order chi connectivity index (χ1) is 10.1. The van der Waals surface area contributed by atoms with Crippen LogP contribution in [0, 0.1) is 6.92 Å². The average Bonchev–Trinajstić information content (AvgIpc) is 2.86. The number of thioether (sulfide) groups is 1. The summed E-state index contributed by atoms with van der Waals surface area (Å²) in [5.74, 6) is 1.76. The molecule has 0 spiro atoms.